The van der Waals surface area contributed by atoms with E-state index in [1.807, 2.05) is 13.0 Å². The third-order valence-electron chi connectivity index (χ3n) is 6.92. The van der Waals surface area contributed by atoms with Gasteiger partial charge in [-0.05, 0) is 52.7 Å². The highest BCUT2D eigenvalue weighted by Crippen LogP contribution is 2.23. The van der Waals surface area contributed by atoms with Gasteiger partial charge in [-0.25, -0.2) is 14.6 Å². The number of nitrogens with zero attached hydrogens (tertiary/aromatic N) is 2. The van der Waals surface area contributed by atoms with Gasteiger partial charge < -0.3 is 39.4 Å². The lowest BCUT2D eigenvalue weighted by Crippen LogP contribution is -2.72. The Morgan fingerprint density at radius 3 is 2.39 bits per heavy atom. The molecule has 0 spiro atoms. The lowest BCUT2D eigenvalue weighted by atomic mass is 9.98. The molecule has 1 saturated heterocycles. The third kappa shape index (κ3) is 12.9. The Labute approximate surface area is 300 Å². The van der Waals surface area contributed by atoms with Crippen molar-refractivity contribution >= 4 is 51.8 Å². The summed E-state index contributed by atoms with van der Waals surface area (Å²) >= 11 is 1.00. The van der Waals surface area contributed by atoms with E-state index in [0.717, 1.165) is 37.0 Å². The Balaban J connectivity index is 1.48. The summed E-state index contributed by atoms with van der Waals surface area (Å²) in [6, 6.07) is -0.0763. The molecule has 1 fully saturated rings. The molecule has 1 aliphatic rings. The van der Waals surface area contributed by atoms with Crippen LogP contribution in [0.15, 0.2) is 46.2 Å². The molecule has 2 aromatic heterocycles. The quantitative estimate of drug-likeness (QED) is 0.0417. The zero-order chi connectivity index (χ0) is 37.6. The zero-order valence-corrected chi connectivity index (χ0v) is 30.6. The zero-order valence-electron chi connectivity index (χ0n) is 29.8. The van der Waals surface area contributed by atoms with Gasteiger partial charge in [0.05, 0.1) is 19.3 Å². The van der Waals surface area contributed by atoms with Crippen molar-refractivity contribution in [1.82, 2.24) is 26.1 Å². The minimum atomic E-state index is -1.01. The minimum Gasteiger partial charge on any atom is -0.490 e. The molecule has 0 aliphatic carbocycles. The average Bonchev–Trinajstić information content (AvgIpc) is 3.75. The first-order valence-corrected chi connectivity index (χ1v) is 17.5. The van der Waals surface area contributed by atoms with Gasteiger partial charge in [0.1, 0.15) is 28.7 Å². The fourth-order valence-electron chi connectivity index (χ4n) is 4.22. The molecule has 4 amide bonds. The number of carbonyl (C=O) groups is 4. The number of amides is 4. The van der Waals surface area contributed by atoms with Crippen LogP contribution in [0.2, 0.25) is 0 Å². The van der Waals surface area contributed by atoms with Crippen molar-refractivity contribution in [1.29, 1.82) is 5.41 Å². The topological polar surface area (TPSA) is 216 Å². The Bertz CT molecular complexity index is 1620. The van der Waals surface area contributed by atoms with Gasteiger partial charge in [0.15, 0.2) is 29.0 Å². The lowest BCUT2D eigenvalue weighted by molar-refractivity contribution is -0.134. The van der Waals surface area contributed by atoms with E-state index in [-0.39, 0.29) is 29.7 Å². The number of carbonyl (C=O) groups excluding carboxylic acids is 4. The van der Waals surface area contributed by atoms with Gasteiger partial charge in [-0.15, -0.1) is 11.3 Å². The maximum atomic E-state index is 12.7. The maximum Gasteiger partial charge on any atom is 0.413 e. The highest BCUT2D eigenvalue weighted by Gasteiger charge is 2.41. The van der Waals surface area contributed by atoms with Crippen molar-refractivity contribution in [2.45, 2.75) is 91.5 Å². The molecule has 2 atom stereocenters. The molecule has 51 heavy (non-hydrogen) atoms. The number of hydrogen-bond donors (Lipinski definition) is 5. The van der Waals surface area contributed by atoms with Crippen LogP contribution in [0.4, 0.5) is 14.7 Å². The van der Waals surface area contributed by atoms with Gasteiger partial charge in [0.2, 0.25) is 5.91 Å². The molecule has 0 bridgehead atoms. The van der Waals surface area contributed by atoms with Crippen molar-refractivity contribution in [3.63, 3.8) is 0 Å². The van der Waals surface area contributed by atoms with Crippen molar-refractivity contribution in [3.05, 3.63) is 58.8 Å². The van der Waals surface area contributed by atoms with Crippen molar-refractivity contribution < 1.29 is 42.6 Å². The molecule has 17 heteroatoms. The molecular weight excluding hydrogens is 682 g/mol. The Morgan fingerprint density at radius 2 is 1.76 bits per heavy atom. The third-order valence-corrected chi connectivity index (χ3v) is 7.67. The second kappa shape index (κ2) is 19.3. The van der Waals surface area contributed by atoms with Crippen LogP contribution in [0.5, 0.6) is 0 Å². The monoisotopic (exact) mass is 729 g/mol. The van der Waals surface area contributed by atoms with Crippen molar-refractivity contribution in [2.75, 3.05) is 25.1 Å². The van der Waals surface area contributed by atoms with Gasteiger partial charge in [0, 0.05) is 23.6 Å². The Morgan fingerprint density at radius 1 is 1.08 bits per heavy atom. The van der Waals surface area contributed by atoms with Crippen LogP contribution >= 0.6 is 11.3 Å². The summed E-state index contributed by atoms with van der Waals surface area (Å²) in [6.07, 6.45) is 5.80. The summed E-state index contributed by atoms with van der Waals surface area (Å²) in [6.45, 7) is 16.0. The van der Waals surface area contributed by atoms with E-state index in [9.17, 15) is 19.2 Å². The number of anilines is 1. The van der Waals surface area contributed by atoms with Gasteiger partial charge in [-0.3, -0.25) is 20.3 Å². The van der Waals surface area contributed by atoms with E-state index < -0.39 is 47.4 Å². The number of allylic oxidation sites excluding steroid dienone is 3. The summed E-state index contributed by atoms with van der Waals surface area (Å²) in [5, 5.41) is 23.8. The highest BCUT2D eigenvalue weighted by atomic mass is 32.1. The van der Waals surface area contributed by atoms with Crippen molar-refractivity contribution in [3.8, 4) is 0 Å². The molecule has 1 aliphatic heterocycles. The highest BCUT2D eigenvalue weighted by molar-refractivity contribution is 7.14. The first kappa shape index (κ1) is 40.2. The van der Waals surface area contributed by atoms with E-state index in [2.05, 4.69) is 51.8 Å². The van der Waals surface area contributed by atoms with Crippen LogP contribution < -0.4 is 21.3 Å². The predicted molar refractivity (Wildman–Crippen MR) is 190 cm³/mol. The smallest absolute Gasteiger partial charge is 0.413 e. The number of β-lactam (4-membered cyclic amide) rings is 1. The number of hydrogen-bond acceptors (Lipinski definition) is 13. The molecule has 3 rings (SSSR count). The van der Waals surface area contributed by atoms with Gasteiger partial charge in [-0.2, -0.15) is 0 Å². The fraction of sp³-hybridized carbons (Fsp3) is 0.500. The lowest BCUT2D eigenvalue weighted by Gasteiger charge is -2.36. The second-order valence-electron chi connectivity index (χ2n) is 12.3. The molecule has 2 aromatic rings. The summed E-state index contributed by atoms with van der Waals surface area (Å²) < 4.78 is 27.6. The number of aromatic nitrogens is 2. The second-order valence-corrected chi connectivity index (χ2v) is 13.2. The molecular formula is C34H47N7O9S. The summed E-state index contributed by atoms with van der Waals surface area (Å²) in [7, 11) is 0. The average molecular weight is 730 g/mol. The molecule has 5 N–H and O–H groups in total. The van der Waals surface area contributed by atoms with Crippen molar-refractivity contribution in [2.24, 2.45) is 0 Å². The predicted octanol–water partition coefficient (Wildman–Crippen LogP) is 5.19. The van der Waals surface area contributed by atoms with E-state index in [4.69, 9.17) is 28.9 Å². The number of ether oxygens (including phenoxy) is 4. The first-order valence-electron chi connectivity index (χ1n) is 16.6. The largest absolute Gasteiger partial charge is 0.490 e. The Kier molecular flexibility index (Phi) is 15.2. The van der Waals surface area contributed by atoms with Crippen LogP contribution in [-0.2, 0) is 35.1 Å². The maximum absolute atomic E-state index is 12.7. The molecule has 0 saturated carbocycles. The molecule has 16 nitrogen and oxygen atoms in total. The van der Waals surface area contributed by atoms with Crippen LogP contribution in [-0.4, -0.2) is 77.3 Å². The van der Waals surface area contributed by atoms with E-state index in [1.54, 1.807) is 32.9 Å². The van der Waals surface area contributed by atoms with Gasteiger partial charge in [-0.1, -0.05) is 38.4 Å². The number of nitrogens with one attached hydrogen (secondary N) is 5. The summed E-state index contributed by atoms with van der Waals surface area (Å²) in [4.78, 5) is 53.3. The molecule has 0 radical (unpaired) electrons. The van der Waals surface area contributed by atoms with E-state index in [0.29, 0.717) is 36.0 Å². The number of unbranched alkanes of at least 4 members (excludes halogenated alkanes) is 2. The molecule has 3 heterocycles. The van der Waals surface area contributed by atoms with Crippen LogP contribution in [0.1, 0.15) is 84.4 Å². The van der Waals surface area contributed by atoms with Gasteiger partial charge >= 0.3 is 12.2 Å². The van der Waals surface area contributed by atoms with Crippen LogP contribution in [0, 0.1) is 5.41 Å². The first-order chi connectivity index (χ1) is 24.2. The van der Waals surface area contributed by atoms with E-state index >= 15 is 0 Å². The number of rotatable bonds is 19. The fourth-order valence-corrected chi connectivity index (χ4v) is 4.91. The summed E-state index contributed by atoms with van der Waals surface area (Å²) in [5.41, 5.74) is -0.303. The van der Waals surface area contributed by atoms with E-state index in [1.165, 1.54) is 5.38 Å². The normalized spacial score (nSPS) is 15.9. The Hall–Kier alpha value is -5.19. The molecule has 0 aromatic carbocycles. The summed E-state index contributed by atoms with van der Waals surface area (Å²) in [5.74, 6) is 0.0557. The van der Waals surface area contributed by atoms with Crippen LogP contribution in [0.3, 0.4) is 0 Å². The standard InChI is InChI=1S/C34H47N7O9S/c1-8-11-13-46-25(10-3)26(47-14-12-9-2)15-20(4)22-16-21(50-41-22)18-48-32(44)36-17-23-28(30(43)37-23)39-29(42)27(35)24-19-51-31(38-24)40-33(45)49-34(5,6)7/h10,15-16,19,23,28,35H,4,8-9,11-14,17-18H2,1-3,5-7H3,(H,36,44)(H,37,43)(H,39,42)(H,38,40,45)/b25-10+,26-15+,35-27?/t23-,28+/m1/s1. The minimum absolute atomic E-state index is 0.00330. The molecule has 0 unspecified atom stereocenters. The number of alkyl carbamates (subject to hydrolysis) is 1. The SMILES string of the molecule is C=C(/C=C(OCCCC)\C(=C/C)OCCCC)c1cc(COC(=O)NC[C@H]2NC(=O)[C@H]2NC(=O)C(=N)c2csc(NC(=O)OC(C)(C)C)n2)on1. The molecule has 278 valence electrons. The number of thiazole rings is 1. The van der Waals surface area contributed by atoms with Gasteiger partial charge in [0.25, 0.3) is 5.91 Å². The van der Waals surface area contributed by atoms with Crippen LogP contribution in [0.25, 0.3) is 5.57 Å².